The zero-order chi connectivity index (χ0) is 20.5. The number of pyridine rings is 1. The number of carbonyl (C=O) groups is 1. The van der Waals surface area contributed by atoms with Gasteiger partial charge in [0.05, 0.1) is 10.9 Å². The van der Waals surface area contributed by atoms with Gasteiger partial charge in [0.25, 0.3) is 0 Å². The summed E-state index contributed by atoms with van der Waals surface area (Å²) in [5.41, 5.74) is 9.24. The molecule has 4 N–H and O–H groups in total. The van der Waals surface area contributed by atoms with E-state index in [1.807, 2.05) is 17.6 Å². The van der Waals surface area contributed by atoms with E-state index in [1.54, 1.807) is 0 Å². The monoisotopic (exact) mass is 396 g/mol. The predicted octanol–water partition coefficient (Wildman–Crippen LogP) is 2.50. The number of carboxylic acid groups (broad SMARTS) is 1. The zero-order valence-corrected chi connectivity index (χ0v) is 17.0. The zero-order valence-electron chi connectivity index (χ0n) is 17.0. The van der Waals surface area contributed by atoms with Crippen molar-refractivity contribution >= 4 is 28.2 Å². The van der Waals surface area contributed by atoms with Crippen LogP contribution in [0.2, 0.25) is 0 Å². The lowest BCUT2D eigenvalue weighted by atomic mass is 9.96. The predicted molar refractivity (Wildman–Crippen MR) is 114 cm³/mol. The second-order valence-electron chi connectivity index (χ2n) is 8.99. The normalized spacial score (nSPS) is 23.0. The Morgan fingerprint density at radius 3 is 2.62 bits per heavy atom. The van der Waals surface area contributed by atoms with E-state index in [4.69, 9.17) is 5.73 Å². The van der Waals surface area contributed by atoms with Crippen LogP contribution in [0.25, 0.3) is 10.9 Å². The van der Waals surface area contributed by atoms with E-state index < -0.39 is 11.4 Å². The highest BCUT2D eigenvalue weighted by molar-refractivity contribution is 6.01. The first-order chi connectivity index (χ1) is 13.9. The fraction of sp³-hybridized carbons (Fsp3) is 0.545. The Labute approximate surface area is 169 Å². The molecule has 7 nitrogen and oxygen atoms in total. The van der Waals surface area contributed by atoms with Crippen LogP contribution in [-0.2, 0) is 0 Å². The van der Waals surface area contributed by atoms with Crippen LogP contribution < -0.4 is 21.4 Å². The van der Waals surface area contributed by atoms with Crippen LogP contribution in [0.15, 0.2) is 17.1 Å². The van der Waals surface area contributed by atoms with Gasteiger partial charge in [0.1, 0.15) is 5.56 Å². The van der Waals surface area contributed by atoms with Crippen LogP contribution in [-0.4, -0.2) is 41.3 Å². The number of rotatable bonds is 5. The van der Waals surface area contributed by atoms with Crippen LogP contribution >= 0.6 is 0 Å². The first kappa shape index (κ1) is 18.5. The SMILES string of the molecule is CNC1([C@@H]2CCN(c3cc(N)c4c(=O)c(C(=O)O)cn(C5CC5)c4c3C)C2)CC1. The van der Waals surface area contributed by atoms with Gasteiger partial charge in [0.15, 0.2) is 0 Å². The molecule has 0 amide bonds. The molecule has 1 aliphatic heterocycles. The van der Waals surface area contributed by atoms with Crippen molar-refractivity contribution in [1.29, 1.82) is 0 Å². The fourth-order valence-corrected chi connectivity index (χ4v) is 5.28. The Bertz CT molecular complexity index is 1080. The summed E-state index contributed by atoms with van der Waals surface area (Å²) >= 11 is 0. The number of aromatic carboxylic acids is 1. The molecule has 0 unspecified atom stereocenters. The number of benzene rings is 1. The molecule has 3 fully saturated rings. The van der Waals surface area contributed by atoms with Crippen molar-refractivity contribution in [3.63, 3.8) is 0 Å². The molecule has 2 aromatic rings. The number of nitrogens with zero attached hydrogens (tertiary/aromatic N) is 2. The molecule has 2 saturated carbocycles. The van der Waals surface area contributed by atoms with Crippen molar-refractivity contribution in [1.82, 2.24) is 9.88 Å². The van der Waals surface area contributed by atoms with Gasteiger partial charge in [0, 0.05) is 42.2 Å². The van der Waals surface area contributed by atoms with Gasteiger partial charge in [-0.3, -0.25) is 4.79 Å². The van der Waals surface area contributed by atoms with Gasteiger partial charge in [-0.05, 0) is 63.6 Å². The molecule has 29 heavy (non-hydrogen) atoms. The van der Waals surface area contributed by atoms with Gasteiger partial charge < -0.3 is 25.6 Å². The van der Waals surface area contributed by atoms with Crippen molar-refractivity contribution in [2.24, 2.45) is 5.92 Å². The Morgan fingerprint density at radius 1 is 1.31 bits per heavy atom. The van der Waals surface area contributed by atoms with E-state index in [0.717, 1.165) is 49.1 Å². The van der Waals surface area contributed by atoms with E-state index in [9.17, 15) is 14.7 Å². The van der Waals surface area contributed by atoms with E-state index in [1.165, 1.54) is 19.0 Å². The molecule has 2 heterocycles. The number of hydrogen-bond acceptors (Lipinski definition) is 5. The van der Waals surface area contributed by atoms with Crippen molar-refractivity contribution in [2.45, 2.75) is 50.6 Å². The first-order valence-electron chi connectivity index (χ1n) is 10.5. The minimum absolute atomic E-state index is 0.200. The van der Waals surface area contributed by atoms with E-state index in [2.05, 4.69) is 17.3 Å². The first-order valence-corrected chi connectivity index (χ1v) is 10.5. The Kier molecular flexibility index (Phi) is 3.97. The number of nitrogens with two attached hydrogens (primary N) is 1. The van der Waals surface area contributed by atoms with Crippen LogP contribution in [0.4, 0.5) is 11.4 Å². The molecular formula is C22H28N4O3. The molecule has 1 aromatic heterocycles. The maximum Gasteiger partial charge on any atom is 0.341 e. The second-order valence-corrected chi connectivity index (χ2v) is 8.99. The highest BCUT2D eigenvalue weighted by atomic mass is 16.4. The Hall–Kier alpha value is -2.54. The number of aryl methyl sites for hydroxylation is 1. The topological polar surface area (TPSA) is 101 Å². The molecule has 5 rings (SSSR count). The molecule has 7 heteroatoms. The molecule has 1 aromatic carbocycles. The van der Waals surface area contributed by atoms with Crippen molar-refractivity contribution in [2.75, 3.05) is 30.8 Å². The lowest BCUT2D eigenvalue weighted by Gasteiger charge is -2.26. The van der Waals surface area contributed by atoms with E-state index >= 15 is 0 Å². The minimum atomic E-state index is -1.20. The number of fused-ring (bicyclic) bond motifs is 1. The smallest absolute Gasteiger partial charge is 0.341 e. The number of hydrogen-bond donors (Lipinski definition) is 3. The van der Waals surface area contributed by atoms with Gasteiger partial charge in [-0.2, -0.15) is 0 Å². The molecule has 0 radical (unpaired) electrons. The van der Waals surface area contributed by atoms with Gasteiger partial charge in [-0.1, -0.05) is 0 Å². The van der Waals surface area contributed by atoms with Crippen LogP contribution in [0, 0.1) is 12.8 Å². The summed E-state index contributed by atoms with van der Waals surface area (Å²) in [5, 5.41) is 13.4. The number of anilines is 2. The average molecular weight is 396 g/mol. The largest absolute Gasteiger partial charge is 0.477 e. The summed E-state index contributed by atoms with van der Waals surface area (Å²) in [6.45, 7) is 3.99. The quantitative estimate of drug-likeness (QED) is 0.672. The maximum atomic E-state index is 12.9. The van der Waals surface area contributed by atoms with Crippen molar-refractivity contribution < 1.29 is 9.90 Å². The molecule has 0 spiro atoms. The molecular weight excluding hydrogens is 368 g/mol. The van der Waals surface area contributed by atoms with E-state index in [0.29, 0.717) is 17.0 Å². The third kappa shape index (κ3) is 2.74. The summed E-state index contributed by atoms with van der Waals surface area (Å²) in [7, 11) is 2.06. The number of aromatic nitrogens is 1. The lowest BCUT2D eigenvalue weighted by molar-refractivity contribution is 0.0695. The van der Waals surface area contributed by atoms with Gasteiger partial charge >= 0.3 is 5.97 Å². The molecule has 1 atom stereocenters. The van der Waals surface area contributed by atoms with Crippen LogP contribution in [0.3, 0.4) is 0 Å². The van der Waals surface area contributed by atoms with Crippen LogP contribution in [0.1, 0.15) is 54.1 Å². The Balaban J connectivity index is 1.65. The number of carboxylic acids is 1. The number of nitrogen functional groups attached to an aromatic ring is 1. The van der Waals surface area contributed by atoms with E-state index in [-0.39, 0.29) is 17.1 Å². The summed E-state index contributed by atoms with van der Waals surface area (Å²) in [5.74, 6) is -0.583. The molecule has 1 saturated heterocycles. The summed E-state index contributed by atoms with van der Waals surface area (Å²) in [4.78, 5) is 26.9. The third-order valence-electron chi connectivity index (χ3n) is 7.32. The summed E-state index contributed by atoms with van der Waals surface area (Å²) < 4.78 is 1.99. The van der Waals surface area contributed by atoms with Crippen LogP contribution in [0.5, 0.6) is 0 Å². The van der Waals surface area contributed by atoms with Gasteiger partial charge in [-0.15, -0.1) is 0 Å². The molecule has 154 valence electrons. The average Bonchev–Trinajstić information content (AvgIpc) is 3.62. The third-order valence-corrected chi connectivity index (χ3v) is 7.32. The highest BCUT2D eigenvalue weighted by Gasteiger charge is 2.50. The number of nitrogens with one attached hydrogen (secondary N) is 1. The fourth-order valence-electron chi connectivity index (χ4n) is 5.28. The van der Waals surface area contributed by atoms with Crippen molar-refractivity contribution in [3.8, 4) is 0 Å². The second kappa shape index (κ2) is 6.23. The maximum absolute atomic E-state index is 12.9. The van der Waals surface area contributed by atoms with Gasteiger partial charge in [-0.25, -0.2) is 4.79 Å². The van der Waals surface area contributed by atoms with Gasteiger partial charge in [0.2, 0.25) is 5.43 Å². The standard InChI is InChI=1S/C22H28N4O3/c1-12-17(25-8-5-13(10-25)22(24-2)6-7-22)9-16(23)18-19(12)26(14-3-4-14)11-15(20(18)27)21(28)29/h9,11,13-14,24H,3-8,10,23H2,1-2H3,(H,28,29)/t13-/m1/s1. The van der Waals surface area contributed by atoms with Crippen molar-refractivity contribution in [3.05, 3.63) is 33.6 Å². The molecule has 0 bridgehead atoms. The highest BCUT2D eigenvalue weighted by Crippen LogP contribution is 2.47. The summed E-state index contributed by atoms with van der Waals surface area (Å²) in [6, 6.07) is 2.12. The minimum Gasteiger partial charge on any atom is -0.477 e. The molecule has 2 aliphatic carbocycles. The molecule has 3 aliphatic rings. The summed E-state index contributed by atoms with van der Waals surface area (Å²) in [6.07, 6.45) is 7.13. The Morgan fingerprint density at radius 2 is 2.03 bits per heavy atom. The lowest BCUT2D eigenvalue weighted by Crippen LogP contribution is -2.37.